The van der Waals surface area contributed by atoms with Crippen LogP contribution in [0.5, 0.6) is 0 Å². The average molecular weight is 312 g/mol. The van der Waals surface area contributed by atoms with E-state index in [1.807, 2.05) is 0 Å². The molecule has 0 saturated carbocycles. The van der Waals surface area contributed by atoms with Crippen molar-refractivity contribution in [1.82, 2.24) is 4.31 Å². The number of carbonyl (C=O) groups is 1. The van der Waals surface area contributed by atoms with Crippen molar-refractivity contribution in [2.45, 2.75) is 30.7 Å². The summed E-state index contributed by atoms with van der Waals surface area (Å²) in [5.41, 5.74) is 6.65. The van der Waals surface area contributed by atoms with Crippen LogP contribution in [0, 0.1) is 6.92 Å². The van der Waals surface area contributed by atoms with Gasteiger partial charge >= 0.3 is 5.97 Å². The number of sulfonamides is 1. The predicted molar refractivity (Wildman–Crippen MR) is 78.5 cm³/mol. The van der Waals surface area contributed by atoms with Crippen LogP contribution in [-0.4, -0.2) is 44.9 Å². The predicted octanol–water partition coefficient (Wildman–Crippen LogP) is 0.893. The molecule has 1 saturated heterocycles. The van der Waals surface area contributed by atoms with Crippen molar-refractivity contribution < 1.29 is 17.9 Å². The number of piperidine rings is 1. The first kappa shape index (κ1) is 15.9. The molecule has 6 nitrogen and oxygen atoms in total. The molecule has 0 spiro atoms. The molecule has 0 unspecified atom stereocenters. The molecule has 2 N–H and O–H groups in total. The number of nitrogens with zero attached hydrogens (tertiary/aromatic N) is 1. The van der Waals surface area contributed by atoms with E-state index in [9.17, 15) is 13.2 Å². The summed E-state index contributed by atoms with van der Waals surface area (Å²) in [4.78, 5) is 11.7. The second-order valence-corrected chi connectivity index (χ2v) is 7.12. The SMILES string of the molecule is COC(=O)c1ccc(C)c(S(=O)(=O)N2CCC(N)CC2)c1. The zero-order chi connectivity index (χ0) is 15.6. The Hall–Kier alpha value is -1.44. The van der Waals surface area contributed by atoms with Crippen molar-refractivity contribution >= 4 is 16.0 Å². The summed E-state index contributed by atoms with van der Waals surface area (Å²) in [5.74, 6) is -0.549. The Morgan fingerprint density at radius 3 is 2.52 bits per heavy atom. The standard InChI is InChI=1S/C14H20N2O4S/c1-10-3-4-11(14(17)20-2)9-13(10)21(18,19)16-7-5-12(15)6-8-16/h3-4,9,12H,5-8,15H2,1-2H3. The Morgan fingerprint density at radius 1 is 1.33 bits per heavy atom. The third-order valence-corrected chi connectivity index (χ3v) is 5.77. The highest BCUT2D eigenvalue weighted by atomic mass is 32.2. The van der Waals surface area contributed by atoms with Crippen molar-refractivity contribution in [1.29, 1.82) is 0 Å². The van der Waals surface area contributed by atoms with E-state index >= 15 is 0 Å². The Labute approximate surface area is 124 Å². The lowest BCUT2D eigenvalue weighted by Crippen LogP contribution is -2.42. The summed E-state index contributed by atoms with van der Waals surface area (Å²) in [7, 11) is -2.34. The highest BCUT2D eigenvalue weighted by Crippen LogP contribution is 2.24. The third kappa shape index (κ3) is 3.25. The molecule has 1 aromatic carbocycles. The van der Waals surface area contributed by atoms with Gasteiger partial charge in [-0.1, -0.05) is 6.07 Å². The summed E-state index contributed by atoms with van der Waals surface area (Å²) < 4.78 is 31.5. The van der Waals surface area contributed by atoms with Crippen LogP contribution in [0.4, 0.5) is 0 Å². The molecule has 1 heterocycles. The van der Waals surface area contributed by atoms with Gasteiger partial charge in [-0.3, -0.25) is 0 Å². The van der Waals surface area contributed by atoms with Gasteiger partial charge in [0.25, 0.3) is 0 Å². The number of nitrogens with two attached hydrogens (primary N) is 1. The first-order valence-electron chi connectivity index (χ1n) is 6.81. The fourth-order valence-corrected chi connectivity index (χ4v) is 4.10. The lowest BCUT2D eigenvalue weighted by Gasteiger charge is -2.29. The maximum absolute atomic E-state index is 12.7. The highest BCUT2D eigenvalue weighted by molar-refractivity contribution is 7.89. The second-order valence-electron chi connectivity index (χ2n) is 5.21. The topological polar surface area (TPSA) is 89.7 Å². The molecule has 0 radical (unpaired) electrons. The van der Waals surface area contributed by atoms with Crippen LogP contribution in [0.2, 0.25) is 0 Å². The Balaban J connectivity index is 2.37. The normalized spacial score (nSPS) is 17.7. The second kappa shape index (κ2) is 6.13. The molecule has 1 fully saturated rings. The van der Waals surface area contributed by atoms with Gasteiger partial charge < -0.3 is 10.5 Å². The van der Waals surface area contributed by atoms with Crippen molar-refractivity contribution in [2.24, 2.45) is 5.73 Å². The van der Waals surface area contributed by atoms with Crippen LogP contribution in [0.25, 0.3) is 0 Å². The Morgan fingerprint density at radius 2 is 1.95 bits per heavy atom. The quantitative estimate of drug-likeness (QED) is 0.837. The molecule has 7 heteroatoms. The molecule has 1 aliphatic heterocycles. The minimum atomic E-state index is -3.61. The van der Waals surface area contributed by atoms with E-state index in [0.29, 0.717) is 31.5 Å². The van der Waals surface area contributed by atoms with Gasteiger partial charge in [-0.15, -0.1) is 0 Å². The molecule has 0 atom stereocenters. The molecular formula is C14H20N2O4S. The number of benzene rings is 1. The number of hydrogen-bond acceptors (Lipinski definition) is 5. The number of ether oxygens (including phenoxy) is 1. The van der Waals surface area contributed by atoms with Crippen LogP contribution in [-0.2, 0) is 14.8 Å². The number of esters is 1. The maximum atomic E-state index is 12.7. The van der Waals surface area contributed by atoms with Gasteiger partial charge in [0.15, 0.2) is 0 Å². The average Bonchev–Trinajstić information content (AvgIpc) is 2.47. The summed E-state index contributed by atoms with van der Waals surface area (Å²) >= 11 is 0. The minimum absolute atomic E-state index is 0.0546. The van der Waals surface area contributed by atoms with Crippen molar-refractivity contribution in [2.75, 3.05) is 20.2 Å². The zero-order valence-electron chi connectivity index (χ0n) is 12.2. The van der Waals surface area contributed by atoms with Gasteiger partial charge in [0.1, 0.15) is 0 Å². The molecule has 2 rings (SSSR count). The fourth-order valence-electron chi connectivity index (χ4n) is 2.38. The van der Waals surface area contributed by atoms with Crippen LogP contribution in [0.3, 0.4) is 0 Å². The minimum Gasteiger partial charge on any atom is -0.465 e. The number of methoxy groups -OCH3 is 1. The van der Waals surface area contributed by atoms with Crippen LogP contribution >= 0.6 is 0 Å². The van der Waals surface area contributed by atoms with Crippen molar-refractivity contribution in [3.05, 3.63) is 29.3 Å². The van der Waals surface area contributed by atoms with E-state index in [-0.39, 0.29) is 16.5 Å². The number of rotatable bonds is 3. The first-order chi connectivity index (χ1) is 9.86. The highest BCUT2D eigenvalue weighted by Gasteiger charge is 2.30. The molecule has 1 aliphatic rings. The molecule has 0 amide bonds. The largest absolute Gasteiger partial charge is 0.465 e. The first-order valence-corrected chi connectivity index (χ1v) is 8.25. The third-order valence-electron chi connectivity index (χ3n) is 3.73. The van der Waals surface area contributed by atoms with Crippen LogP contribution in [0.15, 0.2) is 23.1 Å². The van der Waals surface area contributed by atoms with Gasteiger partial charge in [0, 0.05) is 19.1 Å². The summed E-state index contributed by atoms with van der Waals surface area (Å²) in [5, 5.41) is 0. The number of hydrogen-bond donors (Lipinski definition) is 1. The van der Waals surface area contributed by atoms with Crippen LogP contribution in [0.1, 0.15) is 28.8 Å². The Bertz CT molecular complexity index is 634. The van der Waals surface area contributed by atoms with E-state index < -0.39 is 16.0 Å². The van der Waals surface area contributed by atoms with Gasteiger partial charge in [-0.05, 0) is 37.5 Å². The summed E-state index contributed by atoms with van der Waals surface area (Å²) in [6.45, 7) is 2.53. The number of aryl methyl sites for hydroxylation is 1. The summed E-state index contributed by atoms with van der Waals surface area (Å²) in [6, 6.07) is 4.62. The van der Waals surface area contributed by atoms with Gasteiger partial charge in [-0.25, -0.2) is 13.2 Å². The molecule has 0 aliphatic carbocycles. The molecule has 1 aromatic rings. The number of carbonyl (C=O) groups excluding carboxylic acids is 1. The van der Waals surface area contributed by atoms with E-state index in [2.05, 4.69) is 4.74 Å². The van der Waals surface area contributed by atoms with Crippen molar-refractivity contribution in [3.8, 4) is 0 Å². The van der Waals surface area contributed by atoms with Crippen molar-refractivity contribution in [3.63, 3.8) is 0 Å². The summed E-state index contributed by atoms with van der Waals surface area (Å²) in [6.07, 6.45) is 1.30. The lowest BCUT2D eigenvalue weighted by molar-refractivity contribution is 0.0600. The lowest BCUT2D eigenvalue weighted by atomic mass is 10.1. The Kier molecular flexibility index (Phi) is 4.65. The maximum Gasteiger partial charge on any atom is 0.337 e. The van der Waals surface area contributed by atoms with E-state index in [4.69, 9.17) is 5.73 Å². The molecule has 116 valence electrons. The molecule has 21 heavy (non-hydrogen) atoms. The molecule has 0 bridgehead atoms. The van der Waals surface area contributed by atoms with Gasteiger partial charge in [-0.2, -0.15) is 4.31 Å². The molecule has 0 aromatic heterocycles. The van der Waals surface area contributed by atoms with Gasteiger partial charge in [0.05, 0.1) is 17.6 Å². The van der Waals surface area contributed by atoms with E-state index in [0.717, 1.165) is 0 Å². The zero-order valence-corrected chi connectivity index (χ0v) is 13.0. The fraction of sp³-hybridized carbons (Fsp3) is 0.500. The monoisotopic (exact) mass is 312 g/mol. The van der Waals surface area contributed by atoms with Crippen LogP contribution < -0.4 is 5.73 Å². The molecular weight excluding hydrogens is 292 g/mol. The van der Waals surface area contributed by atoms with E-state index in [1.165, 1.54) is 17.5 Å². The van der Waals surface area contributed by atoms with E-state index in [1.54, 1.807) is 19.1 Å². The van der Waals surface area contributed by atoms with Gasteiger partial charge in [0.2, 0.25) is 10.0 Å². The smallest absolute Gasteiger partial charge is 0.337 e.